The molecule has 2 aromatic carbocycles. The monoisotopic (exact) mass is 608 g/mol. The molecule has 43 heavy (non-hydrogen) atoms. The van der Waals surface area contributed by atoms with Crippen molar-refractivity contribution < 1.29 is 18.6 Å². The molecule has 11 heteroatoms. The second-order valence-corrected chi connectivity index (χ2v) is 13.6. The summed E-state index contributed by atoms with van der Waals surface area (Å²) in [6.45, 7) is 5.73. The molecule has 2 N–H and O–H groups in total. The quantitative estimate of drug-likeness (QED) is 0.366. The third-order valence-electron chi connectivity index (χ3n) is 9.52. The number of nitrogens with zero attached hydrogens (tertiary/aromatic N) is 5. The minimum Gasteiger partial charge on any atom is -0.506 e. The van der Waals surface area contributed by atoms with Gasteiger partial charge in [-0.2, -0.15) is 15.2 Å². The first-order chi connectivity index (χ1) is 20.6. The van der Waals surface area contributed by atoms with E-state index in [4.69, 9.17) is 21.3 Å². The molecule has 1 aliphatic carbocycles. The third-order valence-corrected chi connectivity index (χ3v) is 9.84. The number of phenolic OH excluding ortho intramolecular Hbond substituents is 1. The molecular weight excluding hydrogens is 574 g/mol. The number of nitriles is 1. The number of phenols is 1. The van der Waals surface area contributed by atoms with Crippen LogP contribution in [0.2, 0.25) is 5.02 Å². The van der Waals surface area contributed by atoms with Crippen LogP contribution >= 0.6 is 11.6 Å². The van der Waals surface area contributed by atoms with E-state index in [0.717, 1.165) is 51.6 Å². The molecule has 1 unspecified atom stereocenters. The van der Waals surface area contributed by atoms with Gasteiger partial charge in [0.2, 0.25) is 0 Å². The van der Waals surface area contributed by atoms with E-state index in [2.05, 4.69) is 34.1 Å². The van der Waals surface area contributed by atoms with Crippen molar-refractivity contribution in [2.75, 3.05) is 44.7 Å². The lowest BCUT2D eigenvalue weighted by molar-refractivity contribution is 0.0660. The van der Waals surface area contributed by atoms with Crippen LogP contribution in [0.3, 0.4) is 0 Å². The Bertz CT molecular complexity index is 1650. The van der Waals surface area contributed by atoms with E-state index < -0.39 is 22.9 Å². The van der Waals surface area contributed by atoms with Gasteiger partial charge >= 0.3 is 6.01 Å². The summed E-state index contributed by atoms with van der Waals surface area (Å²) in [6, 6.07) is 5.07. The topological polar surface area (TPSA) is 97.5 Å². The molecule has 2 bridgehead atoms. The smallest absolute Gasteiger partial charge is 0.319 e. The third kappa shape index (κ3) is 5.15. The number of fused-ring (bicyclic) bond motifs is 3. The number of piperazine rings is 1. The van der Waals surface area contributed by atoms with Crippen molar-refractivity contribution in [3.8, 4) is 29.0 Å². The standard InChI is InChI=1S/C32H35ClF2N6O2/c1-32(8-3-9-40(2)15-32)16-43-31-38-29-20(30(39-31)41-13-18-6-7-19(14-41)37-18)10-23(34)27(28(29)35)26-21(12-36)24(42)11-22(33)25(26)17-4-5-17/h10-11,17-19,37,42H,3-9,13-16H2,1-2H3/t18-,19+,32?. The molecule has 3 saturated heterocycles. The lowest BCUT2D eigenvalue weighted by Crippen LogP contribution is -2.51. The number of ether oxygens (including phenoxy) is 1. The molecule has 4 fully saturated rings. The largest absolute Gasteiger partial charge is 0.506 e. The van der Waals surface area contributed by atoms with Crippen LogP contribution in [-0.4, -0.2) is 71.9 Å². The maximum Gasteiger partial charge on any atom is 0.319 e. The average molecular weight is 609 g/mol. The number of benzene rings is 2. The summed E-state index contributed by atoms with van der Waals surface area (Å²) < 4.78 is 39.2. The summed E-state index contributed by atoms with van der Waals surface area (Å²) in [5.41, 5.74) is -0.355. The van der Waals surface area contributed by atoms with E-state index in [1.165, 1.54) is 12.1 Å². The minimum absolute atomic E-state index is 0.00694. The number of likely N-dealkylation sites (tertiary alicyclic amines) is 1. The van der Waals surface area contributed by atoms with E-state index in [9.17, 15) is 10.4 Å². The number of piperidine rings is 1. The van der Waals surface area contributed by atoms with Gasteiger partial charge in [0.1, 0.15) is 34.5 Å². The van der Waals surface area contributed by atoms with Crippen molar-refractivity contribution in [2.45, 2.75) is 63.5 Å². The van der Waals surface area contributed by atoms with Gasteiger partial charge in [-0.15, -0.1) is 0 Å². The summed E-state index contributed by atoms with van der Waals surface area (Å²) in [5.74, 6) is -1.81. The fraction of sp³-hybridized carbons (Fsp3) is 0.531. The van der Waals surface area contributed by atoms with E-state index >= 15 is 8.78 Å². The van der Waals surface area contributed by atoms with E-state index in [1.54, 1.807) is 0 Å². The molecule has 4 heterocycles. The zero-order chi connectivity index (χ0) is 30.0. The average Bonchev–Trinajstić information content (AvgIpc) is 3.74. The summed E-state index contributed by atoms with van der Waals surface area (Å²) in [4.78, 5) is 13.6. The highest BCUT2D eigenvalue weighted by Gasteiger charge is 2.37. The Balaban J connectivity index is 1.39. The molecule has 8 nitrogen and oxygen atoms in total. The van der Waals surface area contributed by atoms with Gasteiger partial charge in [0, 0.05) is 59.2 Å². The maximum atomic E-state index is 16.8. The molecule has 3 aliphatic heterocycles. The molecule has 4 aliphatic rings. The zero-order valence-electron chi connectivity index (χ0n) is 24.4. The number of aromatic nitrogens is 2. The number of hydrogen-bond acceptors (Lipinski definition) is 8. The first-order valence-electron chi connectivity index (χ1n) is 15.1. The summed E-state index contributed by atoms with van der Waals surface area (Å²) in [7, 11) is 2.09. The Morgan fingerprint density at radius 1 is 1.16 bits per heavy atom. The number of hydrogen-bond donors (Lipinski definition) is 2. The highest BCUT2D eigenvalue weighted by molar-refractivity contribution is 6.32. The first-order valence-corrected chi connectivity index (χ1v) is 15.5. The number of nitrogens with one attached hydrogen (secondary N) is 1. The molecule has 0 amide bonds. The van der Waals surface area contributed by atoms with Crippen molar-refractivity contribution in [3.63, 3.8) is 0 Å². The molecule has 0 spiro atoms. The summed E-state index contributed by atoms with van der Waals surface area (Å²) >= 11 is 6.52. The molecular formula is C32H35ClF2N6O2. The molecule has 7 rings (SSSR count). The molecule has 1 aromatic heterocycles. The molecule has 0 radical (unpaired) electrons. The maximum absolute atomic E-state index is 16.8. The highest BCUT2D eigenvalue weighted by Crippen LogP contribution is 2.52. The predicted molar refractivity (Wildman–Crippen MR) is 161 cm³/mol. The van der Waals surface area contributed by atoms with Crippen molar-refractivity contribution in [1.82, 2.24) is 20.2 Å². The van der Waals surface area contributed by atoms with Gasteiger partial charge in [-0.3, -0.25) is 0 Å². The second-order valence-electron chi connectivity index (χ2n) is 13.2. The fourth-order valence-electron chi connectivity index (χ4n) is 7.40. The number of aromatic hydroxyl groups is 1. The number of halogens is 3. The van der Waals surface area contributed by atoms with Crippen molar-refractivity contribution in [1.29, 1.82) is 5.26 Å². The van der Waals surface area contributed by atoms with Crippen molar-refractivity contribution >= 4 is 28.3 Å². The van der Waals surface area contributed by atoms with Crippen LogP contribution in [0.15, 0.2) is 12.1 Å². The van der Waals surface area contributed by atoms with Gasteiger partial charge in [0.15, 0.2) is 5.82 Å². The highest BCUT2D eigenvalue weighted by atomic mass is 35.5. The van der Waals surface area contributed by atoms with E-state index in [1.807, 2.05) is 6.07 Å². The van der Waals surface area contributed by atoms with Crippen LogP contribution < -0.4 is 15.0 Å². The van der Waals surface area contributed by atoms with Crippen LogP contribution in [-0.2, 0) is 0 Å². The predicted octanol–water partition coefficient (Wildman–Crippen LogP) is 5.73. The molecule has 226 valence electrons. The van der Waals surface area contributed by atoms with Crippen LogP contribution in [0.25, 0.3) is 22.0 Å². The van der Waals surface area contributed by atoms with Crippen molar-refractivity contribution in [3.05, 3.63) is 39.9 Å². The van der Waals surface area contributed by atoms with E-state index in [-0.39, 0.29) is 56.5 Å². The van der Waals surface area contributed by atoms with Gasteiger partial charge in [0.05, 0.1) is 12.2 Å². The Labute approximate surface area is 254 Å². The normalized spacial score (nSPS) is 25.7. The number of rotatable bonds is 6. The van der Waals surface area contributed by atoms with Gasteiger partial charge in [-0.05, 0) is 69.7 Å². The molecule has 3 aromatic rings. The lowest BCUT2D eigenvalue weighted by Gasteiger charge is -2.38. The molecule has 1 saturated carbocycles. The second kappa shape index (κ2) is 10.7. The van der Waals surface area contributed by atoms with Crippen molar-refractivity contribution in [2.24, 2.45) is 5.41 Å². The summed E-state index contributed by atoms with van der Waals surface area (Å²) in [5, 5.41) is 24.6. The Morgan fingerprint density at radius 2 is 1.91 bits per heavy atom. The first kappa shape index (κ1) is 28.5. The van der Waals surface area contributed by atoms with Gasteiger partial charge < -0.3 is 25.0 Å². The Hall–Kier alpha value is -3.26. The zero-order valence-corrected chi connectivity index (χ0v) is 25.1. The van der Waals surface area contributed by atoms with Gasteiger partial charge in [0.25, 0.3) is 0 Å². The van der Waals surface area contributed by atoms with Crippen LogP contribution in [0, 0.1) is 28.4 Å². The van der Waals surface area contributed by atoms with E-state index in [0.29, 0.717) is 31.1 Å². The Morgan fingerprint density at radius 3 is 2.58 bits per heavy atom. The molecule has 3 atom stereocenters. The van der Waals surface area contributed by atoms with Gasteiger partial charge in [-0.1, -0.05) is 18.5 Å². The van der Waals surface area contributed by atoms with Crippen LogP contribution in [0.1, 0.15) is 62.5 Å². The van der Waals surface area contributed by atoms with Crippen LogP contribution in [0.4, 0.5) is 14.6 Å². The Kier molecular flexibility index (Phi) is 7.11. The van der Waals surface area contributed by atoms with Crippen LogP contribution in [0.5, 0.6) is 11.8 Å². The van der Waals surface area contributed by atoms with Gasteiger partial charge in [-0.25, -0.2) is 8.78 Å². The minimum atomic E-state index is -0.926. The fourth-order valence-corrected chi connectivity index (χ4v) is 7.75. The SMILES string of the molecule is CN1CCCC(C)(COc2nc(N3C[C@H]4CC[C@@H](C3)N4)c3cc(F)c(-c4c(C#N)c(O)cc(Cl)c4C4CC4)c(F)c3n2)C1. The lowest BCUT2D eigenvalue weighted by atomic mass is 9.83. The summed E-state index contributed by atoms with van der Waals surface area (Å²) in [6.07, 6.45) is 5.67. The number of anilines is 1.